The number of hydrogen-bond donors (Lipinski definition) is 1. The van der Waals surface area contributed by atoms with E-state index in [4.69, 9.17) is 5.73 Å². The van der Waals surface area contributed by atoms with Gasteiger partial charge in [0.25, 0.3) is 0 Å². The standard InChI is InChI=1S/C21H21N3/c22-13-6-14-24(16-17-7-2-1-3-8-17)21-12-11-18(15-23)19-9-4-5-10-20(19)21/h1-5,7-12H,6,13-14,16,22H2. The number of nitrogens with two attached hydrogens (primary N) is 1. The van der Waals surface area contributed by atoms with Crippen LogP contribution in [0.3, 0.4) is 0 Å². The maximum absolute atomic E-state index is 9.36. The van der Waals surface area contributed by atoms with Gasteiger partial charge in [-0.1, -0.05) is 54.6 Å². The van der Waals surface area contributed by atoms with Crippen LogP contribution < -0.4 is 10.6 Å². The molecule has 120 valence electrons. The Kier molecular flexibility index (Phi) is 5.10. The lowest BCUT2D eigenvalue weighted by atomic mass is 10.0. The van der Waals surface area contributed by atoms with E-state index in [1.54, 1.807) is 0 Å². The summed E-state index contributed by atoms with van der Waals surface area (Å²) >= 11 is 0. The maximum atomic E-state index is 9.36. The van der Waals surface area contributed by atoms with Crippen molar-refractivity contribution in [1.82, 2.24) is 0 Å². The first-order valence-electron chi connectivity index (χ1n) is 8.24. The highest BCUT2D eigenvalue weighted by Gasteiger charge is 2.12. The zero-order chi connectivity index (χ0) is 16.8. The van der Waals surface area contributed by atoms with Crippen LogP contribution in [0.1, 0.15) is 17.5 Å². The van der Waals surface area contributed by atoms with Gasteiger partial charge in [-0.25, -0.2) is 0 Å². The summed E-state index contributed by atoms with van der Waals surface area (Å²) in [6, 6.07) is 24.8. The highest BCUT2D eigenvalue weighted by atomic mass is 15.1. The predicted octanol–water partition coefficient (Wildman–Crippen LogP) is 4.07. The van der Waals surface area contributed by atoms with Crippen LogP contribution >= 0.6 is 0 Å². The maximum Gasteiger partial charge on any atom is 0.0998 e. The molecule has 0 amide bonds. The fourth-order valence-electron chi connectivity index (χ4n) is 3.03. The van der Waals surface area contributed by atoms with Crippen molar-refractivity contribution in [3.05, 3.63) is 77.9 Å². The van der Waals surface area contributed by atoms with Crippen LogP contribution in [0.15, 0.2) is 66.7 Å². The lowest BCUT2D eigenvalue weighted by Crippen LogP contribution is -2.25. The molecule has 0 aliphatic carbocycles. The lowest BCUT2D eigenvalue weighted by molar-refractivity contribution is 0.738. The summed E-state index contributed by atoms with van der Waals surface area (Å²) in [4.78, 5) is 2.35. The van der Waals surface area contributed by atoms with Gasteiger partial charge in [0.2, 0.25) is 0 Å². The van der Waals surface area contributed by atoms with Crippen LogP contribution in [0, 0.1) is 11.3 Å². The molecule has 3 nitrogen and oxygen atoms in total. The van der Waals surface area contributed by atoms with Crippen molar-refractivity contribution in [1.29, 1.82) is 5.26 Å². The molecular formula is C21H21N3. The van der Waals surface area contributed by atoms with Gasteiger partial charge in [-0.2, -0.15) is 5.26 Å². The number of nitriles is 1. The molecule has 0 unspecified atom stereocenters. The fourth-order valence-corrected chi connectivity index (χ4v) is 3.03. The van der Waals surface area contributed by atoms with Gasteiger partial charge in [-0.3, -0.25) is 0 Å². The van der Waals surface area contributed by atoms with Crippen LogP contribution in [0.4, 0.5) is 5.69 Å². The van der Waals surface area contributed by atoms with Crippen molar-refractivity contribution < 1.29 is 0 Å². The molecule has 0 aliphatic heterocycles. The smallest absolute Gasteiger partial charge is 0.0998 e. The molecule has 0 spiro atoms. The molecule has 3 rings (SSSR count). The van der Waals surface area contributed by atoms with Gasteiger partial charge < -0.3 is 10.6 Å². The molecule has 0 atom stereocenters. The zero-order valence-electron chi connectivity index (χ0n) is 13.7. The Morgan fingerprint density at radius 1 is 0.875 bits per heavy atom. The van der Waals surface area contributed by atoms with Crippen molar-refractivity contribution >= 4 is 16.5 Å². The molecule has 0 bridgehead atoms. The van der Waals surface area contributed by atoms with E-state index >= 15 is 0 Å². The zero-order valence-corrected chi connectivity index (χ0v) is 13.7. The van der Waals surface area contributed by atoms with Gasteiger partial charge in [-0.15, -0.1) is 0 Å². The summed E-state index contributed by atoms with van der Waals surface area (Å²) in [6.07, 6.45) is 0.932. The molecule has 0 aliphatic rings. The van der Waals surface area contributed by atoms with Crippen molar-refractivity contribution in [2.24, 2.45) is 5.73 Å². The summed E-state index contributed by atoms with van der Waals surface area (Å²) < 4.78 is 0. The molecule has 0 heterocycles. The molecule has 0 aromatic heterocycles. The fraction of sp³-hybridized carbons (Fsp3) is 0.190. The SMILES string of the molecule is N#Cc1ccc(N(CCCN)Cc2ccccc2)c2ccccc12. The number of hydrogen-bond acceptors (Lipinski definition) is 3. The van der Waals surface area contributed by atoms with Crippen LogP contribution in [0.25, 0.3) is 10.8 Å². The van der Waals surface area contributed by atoms with Crippen LogP contribution in [-0.2, 0) is 6.54 Å². The summed E-state index contributed by atoms with van der Waals surface area (Å²) in [5.41, 5.74) is 8.87. The van der Waals surface area contributed by atoms with Crippen LogP contribution in [0.5, 0.6) is 0 Å². The van der Waals surface area contributed by atoms with E-state index in [0.29, 0.717) is 12.1 Å². The van der Waals surface area contributed by atoms with Gasteiger partial charge in [0.15, 0.2) is 0 Å². The number of anilines is 1. The Morgan fingerprint density at radius 2 is 1.58 bits per heavy atom. The largest absolute Gasteiger partial charge is 0.367 e. The Bertz CT molecular complexity index is 850. The minimum Gasteiger partial charge on any atom is -0.367 e. The Hall–Kier alpha value is -2.83. The second-order valence-corrected chi connectivity index (χ2v) is 5.84. The lowest BCUT2D eigenvalue weighted by Gasteiger charge is -2.26. The monoisotopic (exact) mass is 315 g/mol. The van der Waals surface area contributed by atoms with Gasteiger partial charge >= 0.3 is 0 Å². The topological polar surface area (TPSA) is 53.0 Å². The second kappa shape index (κ2) is 7.63. The van der Waals surface area contributed by atoms with E-state index < -0.39 is 0 Å². The highest BCUT2D eigenvalue weighted by molar-refractivity contribution is 5.97. The molecular weight excluding hydrogens is 294 g/mol. The Morgan fingerprint density at radius 3 is 2.29 bits per heavy atom. The van der Waals surface area contributed by atoms with Crippen molar-refractivity contribution in [2.75, 3.05) is 18.0 Å². The first kappa shape index (κ1) is 16.0. The van der Waals surface area contributed by atoms with E-state index in [-0.39, 0.29) is 0 Å². The third kappa shape index (κ3) is 3.40. The number of benzene rings is 3. The van der Waals surface area contributed by atoms with Gasteiger partial charge in [0, 0.05) is 29.5 Å². The Labute approximate surface area is 142 Å². The van der Waals surface area contributed by atoms with E-state index in [9.17, 15) is 5.26 Å². The average Bonchev–Trinajstić information content (AvgIpc) is 2.65. The molecule has 3 heteroatoms. The normalized spacial score (nSPS) is 10.5. The summed E-state index contributed by atoms with van der Waals surface area (Å²) in [5, 5.41) is 11.5. The first-order chi connectivity index (χ1) is 11.8. The average molecular weight is 315 g/mol. The van der Waals surface area contributed by atoms with Crippen molar-refractivity contribution in [3.8, 4) is 6.07 Å². The van der Waals surface area contributed by atoms with Gasteiger partial charge in [-0.05, 0) is 30.7 Å². The molecule has 0 saturated carbocycles. The van der Waals surface area contributed by atoms with Crippen molar-refractivity contribution in [3.63, 3.8) is 0 Å². The summed E-state index contributed by atoms with van der Waals surface area (Å²) in [5.74, 6) is 0. The van der Waals surface area contributed by atoms with Crippen LogP contribution in [-0.4, -0.2) is 13.1 Å². The van der Waals surface area contributed by atoms with E-state index in [0.717, 1.165) is 36.0 Å². The van der Waals surface area contributed by atoms with Crippen LogP contribution in [0.2, 0.25) is 0 Å². The molecule has 3 aromatic carbocycles. The molecule has 0 radical (unpaired) electrons. The minimum atomic E-state index is 0.666. The van der Waals surface area contributed by atoms with Gasteiger partial charge in [0.05, 0.1) is 11.6 Å². The third-order valence-corrected chi connectivity index (χ3v) is 4.21. The number of rotatable bonds is 6. The minimum absolute atomic E-state index is 0.666. The quantitative estimate of drug-likeness (QED) is 0.746. The molecule has 24 heavy (non-hydrogen) atoms. The number of fused-ring (bicyclic) bond motifs is 1. The van der Waals surface area contributed by atoms with Gasteiger partial charge in [0.1, 0.15) is 0 Å². The molecule has 3 aromatic rings. The van der Waals surface area contributed by atoms with E-state index in [1.165, 1.54) is 5.56 Å². The molecule has 0 fully saturated rings. The highest BCUT2D eigenvalue weighted by Crippen LogP contribution is 2.30. The second-order valence-electron chi connectivity index (χ2n) is 5.84. The van der Waals surface area contributed by atoms with Crippen molar-refractivity contribution in [2.45, 2.75) is 13.0 Å². The van der Waals surface area contributed by atoms with E-state index in [1.807, 2.05) is 30.3 Å². The van der Waals surface area contributed by atoms with E-state index in [2.05, 4.69) is 47.4 Å². The summed E-state index contributed by atoms with van der Waals surface area (Å²) in [7, 11) is 0. The molecule has 2 N–H and O–H groups in total. The Balaban J connectivity index is 2.04. The number of nitrogens with zero attached hydrogens (tertiary/aromatic N) is 2. The predicted molar refractivity (Wildman–Crippen MR) is 99.8 cm³/mol. The summed E-state index contributed by atoms with van der Waals surface area (Å²) in [6.45, 7) is 2.39. The first-order valence-corrected chi connectivity index (χ1v) is 8.24. The molecule has 0 saturated heterocycles. The third-order valence-electron chi connectivity index (χ3n) is 4.21.